The Labute approximate surface area is 77.8 Å². The number of hydrogen-bond acceptors (Lipinski definition) is 3. The number of amides is 1. The van der Waals surface area contributed by atoms with Gasteiger partial charge in [-0.3, -0.25) is 0 Å². The number of nitrogens with zero attached hydrogens (tertiary/aromatic N) is 1. The third-order valence-electron chi connectivity index (χ3n) is 2.59. The summed E-state index contributed by atoms with van der Waals surface area (Å²) in [6, 6.07) is 0. The van der Waals surface area contributed by atoms with E-state index in [2.05, 4.69) is 0 Å². The Morgan fingerprint density at radius 1 is 1.62 bits per heavy atom. The SMILES string of the molecule is CCOC(=O)N1CC2COC(C2)C1. The largest absolute Gasteiger partial charge is 0.450 e. The van der Waals surface area contributed by atoms with E-state index >= 15 is 0 Å². The van der Waals surface area contributed by atoms with Gasteiger partial charge in [0.1, 0.15) is 0 Å². The van der Waals surface area contributed by atoms with Crippen LogP contribution in [0.3, 0.4) is 0 Å². The normalized spacial score (nSPS) is 31.9. The Hall–Kier alpha value is -0.770. The molecule has 0 aromatic rings. The first-order valence-electron chi connectivity index (χ1n) is 4.83. The zero-order valence-electron chi connectivity index (χ0n) is 7.86. The maximum Gasteiger partial charge on any atom is 0.409 e. The molecule has 2 rings (SSSR count). The zero-order valence-corrected chi connectivity index (χ0v) is 7.86. The van der Waals surface area contributed by atoms with Crippen LogP contribution in [0.5, 0.6) is 0 Å². The van der Waals surface area contributed by atoms with Crippen LogP contribution in [0.15, 0.2) is 0 Å². The number of ether oxygens (including phenoxy) is 2. The van der Waals surface area contributed by atoms with Gasteiger partial charge in [0.05, 0.1) is 25.9 Å². The maximum atomic E-state index is 11.4. The van der Waals surface area contributed by atoms with Gasteiger partial charge in [-0.05, 0) is 13.3 Å². The molecular formula is C9H15NO3. The summed E-state index contributed by atoms with van der Waals surface area (Å²) in [5, 5.41) is 0. The fraction of sp³-hybridized carbons (Fsp3) is 0.889. The van der Waals surface area contributed by atoms with E-state index in [0.717, 1.165) is 19.6 Å². The van der Waals surface area contributed by atoms with Crippen molar-refractivity contribution >= 4 is 6.09 Å². The molecular weight excluding hydrogens is 170 g/mol. The smallest absolute Gasteiger partial charge is 0.409 e. The standard InChI is InChI=1S/C9H15NO3/c1-2-12-9(11)10-4-7-3-8(5-10)13-6-7/h7-8H,2-6H2,1H3. The Morgan fingerprint density at radius 3 is 3.15 bits per heavy atom. The first-order valence-corrected chi connectivity index (χ1v) is 4.83. The molecule has 2 fully saturated rings. The van der Waals surface area contributed by atoms with E-state index < -0.39 is 0 Å². The molecule has 4 heteroatoms. The summed E-state index contributed by atoms with van der Waals surface area (Å²) in [5.41, 5.74) is 0. The molecule has 0 N–H and O–H groups in total. The third-order valence-corrected chi connectivity index (χ3v) is 2.59. The number of likely N-dealkylation sites (tertiary alicyclic amines) is 1. The number of fused-ring (bicyclic) bond motifs is 2. The molecule has 74 valence electrons. The van der Waals surface area contributed by atoms with Gasteiger partial charge in [0.15, 0.2) is 0 Å². The predicted molar refractivity (Wildman–Crippen MR) is 46.4 cm³/mol. The fourth-order valence-electron chi connectivity index (χ4n) is 2.03. The molecule has 0 spiro atoms. The summed E-state index contributed by atoms with van der Waals surface area (Å²) >= 11 is 0. The second-order valence-corrected chi connectivity index (χ2v) is 3.66. The number of piperidine rings is 1. The topological polar surface area (TPSA) is 38.8 Å². The van der Waals surface area contributed by atoms with Crippen molar-refractivity contribution in [2.24, 2.45) is 5.92 Å². The van der Waals surface area contributed by atoms with E-state index in [4.69, 9.17) is 9.47 Å². The van der Waals surface area contributed by atoms with Gasteiger partial charge in [-0.1, -0.05) is 0 Å². The molecule has 2 atom stereocenters. The molecule has 2 unspecified atom stereocenters. The van der Waals surface area contributed by atoms with Crippen LogP contribution in [0.4, 0.5) is 4.79 Å². The molecule has 0 aromatic carbocycles. The van der Waals surface area contributed by atoms with E-state index in [9.17, 15) is 4.79 Å². The van der Waals surface area contributed by atoms with Crippen LogP contribution in [-0.4, -0.2) is 43.4 Å². The summed E-state index contributed by atoms with van der Waals surface area (Å²) in [6.07, 6.45) is 1.17. The van der Waals surface area contributed by atoms with Crippen molar-refractivity contribution in [3.63, 3.8) is 0 Å². The minimum Gasteiger partial charge on any atom is -0.450 e. The molecule has 0 aliphatic carbocycles. The number of hydrogen-bond donors (Lipinski definition) is 0. The second-order valence-electron chi connectivity index (χ2n) is 3.66. The van der Waals surface area contributed by atoms with Crippen LogP contribution < -0.4 is 0 Å². The van der Waals surface area contributed by atoms with Gasteiger partial charge in [-0.2, -0.15) is 0 Å². The van der Waals surface area contributed by atoms with Crippen LogP contribution in [0, 0.1) is 5.92 Å². The van der Waals surface area contributed by atoms with Gasteiger partial charge >= 0.3 is 6.09 Å². The van der Waals surface area contributed by atoms with Gasteiger partial charge in [0, 0.05) is 12.5 Å². The second kappa shape index (κ2) is 3.54. The minimum atomic E-state index is -0.192. The van der Waals surface area contributed by atoms with Crippen molar-refractivity contribution in [2.75, 3.05) is 26.3 Å². The molecule has 2 heterocycles. The summed E-state index contributed by atoms with van der Waals surface area (Å²) in [5.74, 6) is 0.531. The van der Waals surface area contributed by atoms with Gasteiger partial charge in [-0.25, -0.2) is 4.79 Å². The lowest BCUT2D eigenvalue weighted by molar-refractivity contribution is 0.0642. The predicted octanol–water partition coefficient (Wildman–Crippen LogP) is 0.864. The molecule has 0 saturated carbocycles. The van der Waals surface area contributed by atoms with Gasteiger partial charge in [0.2, 0.25) is 0 Å². The summed E-state index contributed by atoms with van der Waals surface area (Å²) in [7, 11) is 0. The average molecular weight is 185 g/mol. The molecule has 0 aromatic heterocycles. The van der Waals surface area contributed by atoms with Crippen molar-refractivity contribution in [3.8, 4) is 0 Å². The van der Waals surface area contributed by atoms with Crippen molar-refractivity contribution < 1.29 is 14.3 Å². The number of carbonyl (C=O) groups is 1. The van der Waals surface area contributed by atoms with E-state index in [1.54, 1.807) is 4.90 Å². The lowest BCUT2D eigenvalue weighted by Crippen LogP contribution is -2.43. The Bertz CT molecular complexity index is 195. The highest BCUT2D eigenvalue weighted by molar-refractivity contribution is 5.67. The quantitative estimate of drug-likeness (QED) is 0.608. The third kappa shape index (κ3) is 1.77. The van der Waals surface area contributed by atoms with Crippen LogP contribution in [-0.2, 0) is 9.47 Å². The Kier molecular flexibility index (Phi) is 2.40. The molecule has 2 bridgehead atoms. The maximum absolute atomic E-state index is 11.4. The molecule has 2 aliphatic rings. The monoisotopic (exact) mass is 185 g/mol. The van der Waals surface area contributed by atoms with Gasteiger partial charge in [0.25, 0.3) is 0 Å². The highest BCUT2D eigenvalue weighted by atomic mass is 16.6. The summed E-state index contributed by atoms with van der Waals surface area (Å²) in [6.45, 7) is 4.59. The Balaban J connectivity index is 1.91. The average Bonchev–Trinajstić information content (AvgIpc) is 2.46. The van der Waals surface area contributed by atoms with Crippen LogP contribution in [0.1, 0.15) is 13.3 Å². The van der Waals surface area contributed by atoms with Crippen molar-refractivity contribution in [1.82, 2.24) is 4.90 Å². The Morgan fingerprint density at radius 2 is 2.46 bits per heavy atom. The van der Waals surface area contributed by atoms with Gasteiger partial charge < -0.3 is 14.4 Å². The molecule has 1 amide bonds. The summed E-state index contributed by atoms with van der Waals surface area (Å²) in [4.78, 5) is 13.1. The van der Waals surface area contributed by atoms with E-state index in [-0.39, 0.29) is 12.2 Å². The van der Waals surface area contributed by atoms with Crippen molar-refractivity contribution in [1.29, 1.82) is 0 Å². The molecule has 2 aliphatic heterocycles. The van der Waals surface area contributed by atoms with Crippen LogP contribution >= 0.6 is 0 Å². The lowest BCUT2D eigenvalue weighted by Gasteiger charge is -2.29. The summed E-state index contributed by atoms with van der Waals surface area (Å²) < 4.78 is 10.4. The van der Waals surface area contributed by atoms with E-state index in [1.165, 1.54) is 0 Å². The molecule has 0 radical (unpaired) electrons. The number of carbonyl (C=O) groups excluding carboxylic acids is 1. The first-order chi connectivity index (χ1) is 6.29. The highest BCUT2D eigenvalue weighted by Crippen LogP contribution is 2.26. The van der Waals surface area contributed by atoms with Crippen LogP contribution in [0.25, 0.3) is 0 Å². The van der Waals surface area contributed by atoms with Crippen molar-refractivity contribution in [2.45, 2.75) is 19.4 Å². The number of rotatable bonds is 1. The van der Waals surface area contributed by atoms with Crippen LogP contribution in [0.2, 0.25) is 0 Å². The highest BCUT2D eigenvalue weighted by Gasteiger charge is 2.36. The van der Waals surface area contributed by atoms with E-state index in [1.807, 2.05) is 6.92 Å². The molecule has 13 heavy (non-hydrogen) atoms. The fourth-order valence-corrected chi connectivity index (χ4v) is 2.03. The van der Waals surface area contributed by atoms with Gasteiger partial charge in [-0.15, -0.1) is 0 Å². The first kappa shape index (κ1) is 8.81. The minimum absolute atomic E-state index is 0.192. The molecule has 4 nitrogen and oxygen atoms in total. The van der Waals surface area contributed by atoms with E-state index in [0.29, 0.717) is 19.1 Å². The van der Waals surface area contributed by atoms with Crippen molar-refractivity contribution in [3.05, 3.63) is 0 Å². The lowest BCUT2D eigenvalue weighted by atomic mass is 10.0. The molecule has 2 saturated heterocycles. The zero-order chi connectivity index (χ0) is 9.26.